The van der Waals surface area contributed by atoms with Crippen LogP contribution in [0.15, 0.2) is 24.4 Å². The number of imidazole rings is 1. The van der Waals surface area contributed by atoms with Crippen LogP contribution < -0.4 is 10.6 Å². The van der Waals surface area contributed by atoms with Crippen molar-refractivity contribution in [3.05, 3.63) is 34.4 Å². The number of rotatable bonds is 5. The standard InChI is InChI=1S/C18H19Cl2N5O2S/c1-18(15(21)27-10-26)5-7-24(8-6-18)17-23-25-9-13(22-16(25)28-17)11-3-2-4-12(19)14(11)20/h2-4,9-10,15H,5-8,21H2,1H3. The highest BCUT2D eigenvalue weighted by Gasteiger charge is 2.37. The maximum Gasteiger partial charge on any atom is 0.294 e. The van der Waals surface area contributed by atoms with E-state index in [4.69, 9.17) is 33.7 Å². The van der Waals surface area contributed by atoms with Crippen LogP contribution in [0.2, 0.25) is 10.0 Å². The fraction of sp³-hybridized carbons (Fsp3) is 0.389. The Morgan fingerprint density at radius 1 is 1.36 bits per heavy atom. The molecule has 10 heteroatoms. The summed E-state index contributed by atoms with van der Waals surface area (Å²) in [5, 5.41) is 6.55. The largest absolute Gasteiger partial charge is 0.448 e. The van der Waals surface area contributed by atoms with Gasteiger partial charge < -0.3 is 9.64 Å². The van der Waals surface area contributed by atoms with Crippen molar-refractivity contribution in [2.24, 2.45) is 11.1 Å². The normalized spacial score (nSPS) is 17.6. The van der Waals surface area contributed by atoms with Crippen molar-refractivity contribution in [1.29, 1.82) is 0 Å². The third-order valence-corrected chi connectivity index (χ3v) is 7.13. The second-order valence-corrected chi connectivity index (χ2v) is 8.85. The molecule has 2 N–H and O–H groups in total. The smallest absolute Gasteiger partial charge is 0.294 e. The topological polar surface area (TPSA) is 85.8 Å². The van der Waals surface area contributed by atoms with Gasteiger partial charge in [-0.1, -0.05) is 53.6 Å². The molecule has 1 fully saturated rings. The lowest BCUT2D eigenvalue weighted by Gasteiger charge is -2.41. The number of benzene rings is 1. The monoisotopic (exact) mass is 439 g/mol. The highest BCUT2D eigenvalue weighted by atomic mass is 35.5. The number of hydrogen-bond acceptors (Lipinski definition) is 7. The maximum atomic E-state index is 10.6. The number of aromatic nitrogens is 3. The number of anilines is 1. The van der Waals surface area contributed by atoms with Crippen LogP contribution in [-0.4, -0.2) is 40.4 Å². The number of piperidine rings is 1. The van der Waals surface area contributed by atoms with Crippen LogP contribution in [0, 0.1) is 5.41 Å². The quantitative estimate of drug-likeness (QED) is 0.480. The Labute approximate surface area is 176 Å². The van der Waals surface area contributed by atoms with Gasteiger partial charge in [0.25, 0.3) is 6.47 Å². The predicted molar refractivity (Wildman–Crippen MR) is 111 cm³/mol. The fourth-order valence-electron chi connectivity index (χ4n) is 3.37. The Bertz CT molecular complexity index is 981. The van der Waals surface area contributed by atoms with Gasteiger partial charge in [-0.15, -0.1) is 5.10 Å². The van der Waals surface area contributed by atoms with Crippen molar-refractivity contribution >= 4 is 51.1 Å². The first-order valence-corrected chi connectivity index (χ1v) is 10.4. The van der Waals surface area contributed by atoms with Crippen molar-refractivity contribution in [3.63, 3.8) is 0 Å². The third-order valence-electron chi connectivity index (χ3n) is 5.33. The number of carbonyl (C=O) groups excluding carboxylic acids is 1. The number of carbonyl (C=O) groups is 1. The van der Waals surface area contributed by atoms with Crippen LogP contribution in [0.4, 0.5) is 5.13 Å². The molecule has 0 radical (unpaired) electrons. The van der Waals surface area contributed by atoms with E-state index in [-0.39, 0.29) is 5.41 Å². The molecular weight excluding hydrogens is 421 g/mol. The lowest BCUT2D eigenvalue weighted by molar-refractivity contribution is -0.140. The molecule has 0 aliphatic carbocycles. The van der Waals surface area contributed by atoms with E-state index in [0.717, 1.165) is 47.3 Å². The van der Waals surface area contributed by atoms with E-state index in [2.05, 4.69) is 15.0 Å². The average Bonchev–Trinajstić information content (AvgIpc) is 3.24. The maximum absolute atomic E-state index is 10.6. The molecule has 28 heavy (non-hydrogen) atoms. The Hall–Kier alpha value is -1.87. The highest BCUT2D eigenvalue weighted by Crippen LogP contribution is 2.38. The van der Waals surface area contributed by atoms with Crippen LogP contribution in [0.25, 0.3) is 16.2 Å². The number of nitrogens with zero attached hydrogens (tertiary/aromatic N) is 4. The van der Waals surface area contributed by atoms with Gasteiger partial charge in [0.15, 0.2) is 6.23 Å². The molecule has 2 aromatic heterocycles. The molecule has 4 rings (SSSR count). The summed E-state index contributed by atoms with van der Waals surface area (Å²) >= 11 is 13.9. The van der Waals surface area contributed by atoms with Gasteiger partial charge in [-0.2, -0.15) is 0 Å². The first kappa shape index (κ1) is 19.4. The second-order valence-electron chi connectivity index (χ2n) is 7.13. The zero-order chi connectivity index (χ0) is 19.9. The van der Waals surface area contributed by atoms with Gasteiger partial charge in [0.2, 0.25) is 10.1 Å². The minimum absolute atomic E-state index is 0.231. The van der Waals surface area contributed by atoms with Gasteiger partial charge >= 0.3 is 0 Å². The van der Waals surface area contributed by atoms with Crippen LogP contribution in [0.5, 0.6) is 0 Å². The van der Waals surface area contributed by atoms with Crippen molar-refractivity contribution in [1.82, 2.24) is 14.6 Å². The number of fused-ring (bicyclic) bond motifs is 1. The molecule has 0 spiro atoms. The summed E-state index contributed by atoms with van der Waals surface area (Å²) in [4.78, 5) is 18.2. The minimum Gasteiger partial charge on any atom is -0.448 e. The summed E-state index contributed by atoms with van der Waals surface area (Å²) in [5.41, 5.74) is 7.29. The van der Waals surface area contributed by atoms with Gasteiger partial charge in [-0.05, 0) is 18.9 Å². The van der Waals surface area contributed by atoms with Crippen LogP contribution in [0.1, 0.15) is 19.8 Å². The van der Waals surface area contributed by atoms with Crippen LogP contribution in [-0.2, 0) is 9.53 Å². The molecule has 1 saturated heterocycles. The van der Waals surface area contributed by atoms with E-state index in [1.54, 1.807) is 10.6 Å². The van der Waals surface area contributed by atoms with Crippen molar-refractivity contribution in [2.45, 2.75) is 26.0 Å². The third kappa shape index (κ3) is 3.45. The van der Waals surface area contributed by atoms with E-state index < -0.39 is 6.23 Å². The number of hydrogen-bond donors (Lipinski definition) is 1. The summed E-state index contributed by atoms with van der Waals surface area (Å²) < 4.78 is 6.73. The molecule has 0 saturated carbocycles. The first-order valence-electron chi connectivity index (χ1n) is 8.81. The molecular formula is C18H19Cl2N5O2S. The van der Waals surface area contributed by atoms with Crippen molar-refractivity contribution < 1.29 is 9.53 Å². The summed E-state index contributed by atoms with van der Waals surface area (Å²) in [5.74, 6) is 0. The van der Waals surface area contributed by atoms with E-state index in [1.807, 2.05) is 25.3 Å². The number of nitrogens with two attached hydrogens (primary N) is 1. The van der Waals surface area contributed by atoms with Gasteiger partial charge in [0.05, 0.1) is 21.9 Å². The van der Waals surface area contributed by atoms with Crippen molar-refractivity contribution in [3.8, 4) is 11.3 Å². The fourth-order valence-corrected chi connectivity index (χ4v) is 4.70. The summed E-state index contributed by atoms with van der Waals surface area (Å²) in [6.07, 6.45) is 2.89. The Morgan fingerprint density at radius 2 is 2.11 bits per heavy atom. The SMILES string of the molecule is CC1(C(N)OC=O)CCN(c2nn3cc(-c4cccc(Cl)c4Cl)nc3s2)CC1. The number of ether oxygens (including phenoxy) is 1. The zero-order valence-corrected chi connectivity index (χ0v) is 17.5. The molecule has 0 amide bonds. The molecule has 1 aromatic carbocycles. The summed E-state index contributed by atoms with van der Waals surface area (Å²) in [7, 11) is 0. The van der Waals surface area contributed by atoms with Crippen LogP contribution in [0.3, 0.4) is 0 Å². The predicted octanol–water partition coefficient (Wildman–Crippen LogP) is 3.83. The van der Waals surface area contributed by atoms with Gasteiger partial charge in [0, 0.05) is 24.1 Å². The van der Waals surface area contributed by atoms with E-state index >= 15 is 0 Å². The Balaban J connectivity index is 1.52. The van der Waals surface area contributed by atoms with E-state index in [0.29, 0.717) is 16.5 Å². The van der Waals surface area contributed by atoms with Gasteiger partial charge in [-0.25, -0.2) is 9.50 Å². The molecule has 3 heterocycles. The van der Waals surface area contributed by atoms with Crippen LogP contribution >= 0.6 is 34.5 Å². The molecule has 7 nitrogen and oxygen atoms in total. The molecule has 1 atom stereocenters. The first-order chi connectivity index (χ1) is 13.4. The van der Waals surface area contributed by atoms with Gasteiger partial charge in [-0.3, -0.25) is 10.5 Å². The minimum atomic E-state index is -0.592. The molecule has 148 valence electrons. The van der Waals surface area contributed by atoms with Gasteiger partial charge in [0.1, 0.15) is 0 Å². The average molecular weight is 440 g/mol. The lowest BCUT2D eigenvalue weighted by atomic mass is 9.79. The molecule has 1 unspecified atom stereocenters. The molecule has 1 aliphatic heterocycles. The molecule has 1 aliphatic rings. The zero-order valence-electron chi connectivity index (χ0n) is 15.1. The lowest BCUT2D eigenvalue weighted by Crippen LogP contribution is -2.49. The van der Waals surface area contributed by atoms with E-state index in [1.165, 1.54) is 11.3 Å². The summed E-state index contributed by atoms with van der Waals surface area (Å²) in [6, 6.07) is 5.48. The van der Waals surface area contributed by atoms with Crippen molar-refractivity contribution in [2.75, 3.05) is 18.0 Å². The number of halogens is 2. The van der Waals surface area contributed by atoms with E-state index in [9.17, 15) is 4.79 Å². The summed E-state index contributed by atoms with van der Waals surface area (Å²) in [6.45, 7) is 4.04. The highest BCUT2D eigenvalue weighted by molar-refractivity contribution is 7.20. The Morgan fingerprint density at radius 3 is 2.79 bits per heavy atom. The molecule has 3 aromatic rings. The Kier molecular flexibility index (Phi) is 5.22. The molecule has 0 bridgehead atoms. The second kappa shape index (κ2) is 7.51.